The maximum Gasteiger partial charge on any atom is 0.490 e. The Labute approximate surface area is 125 Å². The lowest BCUT2D eigenvalue weighted by molar-refractivity contribution is 0.0544. The summed E-state index contributed by atoms with van der Waals surface area (Å²) in [6.45, 7) is 5.32. The topological polar surface area (TPSA) is 71.7 Å². The first-order valence-corrected chi connectivity index (χ1v) is 6.88. The van der Waals surface area contributed by atoms with Gasteiger partial charge in [-0.2, -0.15) is 0 Å². The molecule has 5 nitrogen and oxygen atoms in total. The van der Waals surface area contributed by atoms with Gasteiger partial charge in [0.15, 0.2) is 0 Å². The van der Waals surface area contributed by atoms with Gasteiger partial charge in [-0.1, -0.05) is 15.9 Å². The minimum atomic E-state index is -1.66. The zero-order chi connectivity index (χ0) is 15.1. The van der Waals surface area contributed by atoms with Crippen LogP contribution >= 0.6 is 15.9 Å². The van der Waals surface area contributed by atoms with Crippen molar-refractivity contribution in [1.82, 2.24) is 4.57 Å². The van der Waals surface area contributed by atoms with E-state index in [1.54, 1.807) is 39.0 Å². The summed E-state index contributed by atoms with van der Waals surface area (Å²) in [6, 6.07) is 5.22. The molecule has 0 aliphatic carbocycles. The highest BCUT2D eigenvalue weighted by atomic mass is 79.9. The average molecular weight is 340 g/mol. The second-order valence-electron chi connectivity index (χ2n) is 5.47. The summed E-state index contributed by atoms with van der Waals surface area (Å²) >= 11 is 3.32. The summed E-state index contributed by atoms with van der Waals surface area (Å²) in [7, 11) is -1.66. The Bertz CT molecular complexity index is 660. The van der Waals surface area contributed by atoms with Crippen molar-refractivity contribution in [2.24, 2.45) is 0 Å². The number of nitrogens with zero attached hydrogens (tertiary/aromatic N) is 1. The van der Waals surface area contributed by atoms with Crippen LogP contribution < -0.4 is 5.46 Å². The fraction of sp³-hybridized carbons (Fsp3) is 0.308. The lowest BCUT2D eigenvalue weighted by atomic mass is 9.80. The van der Waals surface area contributed by atoms with Crippen molar-refractivity contribution in [2.45, 2.75) is 26.4 Å². The van der Waals surface area contributed by atoms with Gasteiger partial charge in [-0.25, -0.2) is 4.79 Å². The predicted molar refractivity (Wildman–Crippen MR) is 81.1 cm³/mol. The van der Waals surface area contributed by atoms with Gasteiger partial charge in [0.05, 0.1) is 5.52 Å². The van der Waals surface area contributed by atoms with Gasteiger partial charge in [0.1, 0.15) is 5.60 Å². The molecule has 0 amide bonds. The molecule has 1 heterocycles. The van der Waals surface area contributed by atoms with E-state index in [9.17, 15) is 14.8 Å². The van der Waals surface area contributed by atoms with Crippen molar-refractivity contribution >= 4 is 45.5 Å². The average Bonchev–Trinajstić information content (AvgIpc) is 2.65. The molecule has 0 spiro atoms. The van der Waals surface area contributed by atoms with Gasteiger partial charge < -0.3 is 14.8 Å². The molecule has 0 aliphatic rings. The zero-order valence-corrected chi connectivity index (χ0v) is 13.0. The highest BCUT2D eigenvalue weighted by molar-refractivity contribution is 9.10. The first kappa shape index (κ1) is 15.1. The van der Waals surface area contributed by atoms with Gasteiger partial charge in [-0.15, -0.1) is 0 Å². The van der Waals surface area contributed by atoms with Crippen molar-refractivity contribution in [3.63, 3.8) is 0 Å². The molecule has 0 radical (unpaired) electrons. The highest BCUT2D eigenvalue weighted by Crippen LogP contribution is 2.21. The third-order valence-electron chi connectivity index (χ3n) is 2.67. The molecule has 2 N–H and O–H groups in total. The number of fused-ring (bicyclic) bond motifs is 1. The predicted octanol–water partition coefficient (Wildman–Crippen LogP) is 1.87. The van der Waals surface area contributed by atoms with E-state index in [4.69, 9.17) is 4.74 Å². The SMILES string of the molecule is CC(C)(C)OC(=O)n1cc(B(O)O)c2cc(Br)ccc21. The van der Waals surface area contributed by atoms with Crippen LogP contribution in [-0.2, 0) is 4.74 Å². The number of benzene rings is 1. The maximum atomic E-state index is 12.2. The molecule has 106 valence electrons. The van der Waals surface area contributed by atoms with Crippen LogP contribution in [0, 0.1) is 0 Å². The second kappa shape index (κ2) is 5.23. The molecule has 0 saturated heterocycles. The molecule has 0 aliphatic heterocycles. The Morgan fingerprint density at radius 3 is 2.55 bits per heavy atom. The molecule has 0 atom stereocenters. The molecule has 0 unspecified atom stereocenters. The molecule has 7 heteroatoms. The largest absolute Gasteiger partial charge is 0.490 e. The van der Waals surface area contributed by atoms with Crippen LogP contribution in [0.4, 0.5) is 4.79 Å². The minimum Gasteiger partial charge on any atom is -0.443 e. The number of aromatic nitrogens is 1. The first-order valence-electron chi connectivity index (χ1n) is 6.09. The molecule has 20 heavy (non-hydrogen) atoms. The number of rotatable bonds is 1. The minimum absolute atomic E-state index is 0.257. The smallest absolute Gasteiger partial charge is 0.443 e. The van der Waals surface area contributed by atoms with Gasteiger partial charge in [0, 0.05) is 21.5 Å². The number of hydrogen-bond acceptors (Lipinski definition) is 4. The Morgan fingerprint density at radius 2 is 2.00 bits per heavy atom. The molecular weight excluding hydrogens is 325 g/mol. The van der Waals surface area contributed by atoms with Crippen molar-refractivity contribution in [2.75, 3.05) is 0 Å². The quantitative estimate of drug-likeness (QED) is 0.778. The van der Waals surface area contributed by atoms with E-state index in [0.29, 0.717) is 10.9 Å². The van der Waals surface area contributed by atoms with Gasteiger partial charge >= 0.3 is 13.2 Å². The lowest BCUT2D eigenvalue weighted by Crippen LogP contribution is -2.30. The lowest BCUT2D eigenvalue weighted by Gasteiger charge is -2.19. The number of carbonyl (C=O) groups excluding carboxylic acids is 1. The summed E-state index contributed by atoms with van der Waals surface area (Å²) < 4.78 is 7.37. The Kier molecular flexibility index (Phi) is 3.95. The highest BCUT2D eigenvalue weighted by Gasteiger charge is 2.24. The van der Waals surface area contributed by atoms with E-state index in [2.05, 4.69) is 15.9 Å². The van der Waals surface area contributed by atoms with E-state index in [0.717, 1.165) is 4.47 Å². The van der Waals surface area contributed by atoms with Crippen LogP contribution in [0.5, 0.6) is 0 Å². The molecule has 0 saturated carbocycles. The summed E-state index contributed by atoms with van der Waals surface area (Å²) in [5.41, 5.74) is 0.193. The Hall–Kier alpha value is -1.31. The van der Waals surface area contributed by atoms with Crippen LogP contribution in [0.3, 0.4) is 0 Å². The maximum absolute atomic E-state index is 12.2. The zero-order valence-electron chi connectivity index (χ0n) is 11.4. The second-order valence-corrected chi connectivity index (χ2v) is 6.39. The Morgan fingerprint density at radius 1 is 1.35 bits per heavy atom. The van der Waals surface area contributed by atoms with Crippen LogP contribution in [-0.4, -0.2) is 33.4 Å². The number of halogens is 1. The Balaban J connectivity index is 2.57. The molecule has 1 aromatic heterocycles. The molecule has 2 aromatic rings. The van der Waals surface area contributed by atoms with E-state index in [1.807, 2.05) is 0 Å². The van der Waals surface area contributed by atoms with Crippen molar-refractivity contribution < 1.29 is 19.6 Å². The number of ether oxygens (including phenoxy) is 1. The fourth-order valence-corrected chi connectivity index (χ4v) is 2.26. The van der Waals surface area contributed by atoms with Crippen LogP contribution in [0.2, 0.25) is 0 Å². The van der Waals surface area contributed by atoms with Crippen LogP contribution in [0.15, 0.2) is 28.9 Å². The van der Waals surface area contributed by atoms with Crippen molar-refractivity contribution in [3.8, 4) is 0 Å². The molecular formula is C13H15BBrNO4. The van der Waals surface area contributed by atoms with Gasteiger partial charge in [-0.3, -0.25) is 4.57 Å². The summed E-state index contributed by atoms with van der Waals surface area (Å²) in [6.07, 6.45) is 0.826. The number of hydrogen-bond donors (Lipinski definition) is 2. The van der Waals surface area contributed by atoms with E-state index in [1.165, 1.54) is 10.8 Å². The van der Waals surface area contributed by atoms with Gasteiger partial charge in [0.2, 0.25) is 0 Å². The summed E-state index contributed by atoms with van der Waals surface area (Å²) in [4.78, 5) is 12.2. The van der Waals surface area contributed by atoms with Crippen molar-refractivity contribution in [3.05, 3.63) is 28.9 Å². The third kappa shape index (κ3) is 3.05. The fourth-order valence-electron chi connectivity index (χ4n) is 1.90. The molecule has 2 rings (SSSR count). The normalized spacial score (nSPS) is 11.7. The molecule has 0 bridgehead atoms. The van der Waals surface area contributed by atoms with E-state index < -0.39 is 18.8 Å². The van der Waals surface area contributed by atoms with E-state index in [-0.39, 0.29) is 5.46 Å². The number of carbonyl (C=O) groups is 1. The monoisotopic (exact) mass is 339 g/mol. The molecule has 0 fully saturated rings. The van der Waals surface area contributed by atoms with Crippen LogP contribution in [0.1, 0.15) is 20.8 Å². The third-order valence-corrected chi connectivity index (χ3v) is 3.16. The van der Waals surface area contributed by atoms with E-state index >= 15 is 0 Å². The summed E-state index contributed by atoms with van der Waals surface area (Å²) in [5, 5.41) is 19.4. The van der Waals surface area contributed by atoms with Crippen LogP contribution in [0.25, 0.3) is 10.9 Å². The standard InChI is InChI=1S/C13H15BBrNO4/c1-13(2,3)20-12(17)16-7-10(14(18)19)9-6-8(15)4-5-11(9)16/h4-7,18-19H,1-3H3. The van der Waals surface area contributed by atoms with Crippen molar-refractivity contribution in [1.29, 1.82) is 0 Å². The molecule has 1 aromatic carbocycles. The van der Waals surface area contributed by atoms with Gasteiger partial charge in [0.25, 0.3) is 0 Å². The summed E-state index contributed by atoms with van der Waals surface area (Å²) in [5.74, 6) is 0. The first-order chi connectivity index (χ1) is 9.19. The van der Waals surface area contributed by atoms with Gasteiger partial charge in [-0.05, 0) is 39.0 Å².